The lowest BCUT2D eigenvalue weighted by Crippen LogP contribution is -2.41. The van der Waals surface area contributed by atoms with Crippen LogP contribution in [0.15, 0.2) is 42.6 Å². The highest BCUT2D eigenvalue weighted by Gasteiger charge is 2.34. The number of anilines is 1. The number of benzene rings is 1. The van der Waals surface area contributed by atoms with E-state index in [0.29, 0.717) is 59.3 Å². The SMILES string of the molecule is COc1ncc(Cl)cc1-c1nc(C2NOC(=O)N2)nc2nc(N3CCOC[C@H]3c3ccccc3)n(CC3CCC(C)CC3)c12. The second-order valence-electron chi connectivity index (χ2n) is 11.7. The quantitative estimate of drug-likeness (QED) is 0.285. The standard InChI is InChI=1S/C31H35ClN8O4/c1-18-8-10-19(11-9-18)16-40-25-24(22-14-21(32)15-33-29(22)42-2)34-27(28-37-31(41)44-38-28)35-26(25)36-30(40)39-12-13-43-17-23(39)20-6-4-3-5-7-20/h3-7,14-15,18-19,23,28,38H,8-13,16-17H2,1-2H3,(H,37,41)/t18?,19?,23-,28?/m0/s1. The summed E-state index contributed by atoms with van der Waals surface area (Å²) in [6, 6.07) is 12.1. The average molecular weight is 619 g/mol. The number of methoxy groups -OCH3 is 1. The van der Waals surface area contributed by atoms with Crippen molar-refractivity contribution in [3.05, 3.63) is 59.0 Å². The van der Waals surface area contributed by atoms with Crippen molar-refractivity contribution in [3.63, 3.8) is 0 Å². The Morgan fingerprint density at radius 1 is 1.11 bits per heavy atom. The zero-order valence-electron chi connectivity index (χ0n) is 24.7. The Morgan fingerprint density at radius 3 is 2.68 bits per heavy atom. The molecule has 3 fully saturated rings. The number of hydrogen-bond donors (Lipinski definition) is 2. The first-order valence-corrected chi connectivity index (χ1v) is 15.5. The molecule has 0 radical (unpaired) electrons. The molecule has 0 bridgehead atoms. The van der Waals surface area contributed by atoms with Gasteiger partial charge in [0, 0.05) is 19.3 Å². The predicted octanol–water partition coefficient (Wildman–Crippen LogP) is 5.20. The van der Waals surface area contributed by atoms with Gasteiger partial charge < -0.3 is 23.8 Å². The van der Waals surface area contributed by atoms with E-state index in [0.717, 1.165) is 42.3 Å². The van der Waals surface area contributed by atoms with E-state index in [4.69, 9.17) is 40.9 Å². The van der Waals surface area contributed by atoms with Crippen LogP contribution in [0.2, 0.25) is 5.02 Å². The molecule has 5 heterocycles. The highest BCUT2D eigenvalue weighted by molar-refractivity contribution is 6.30. The van der Waals surface area contributed by atoms with E-state index in [-0.39, 0.29) is 6.04 Å². The van der Waals surface area contributed by atoms with E-state index in [1.807, 2.05) is 18.2 Å². The number of hydroxylamine groups is 1. The highest BCUT2D eigenvalue weighted by Crippen LogP contribution is 2.40. The normalized spacial score (nSPS) is 23.9. The molecule has 1 aromatic carbocycles. The van der Waals surface area contributed by atoms with Crippen molar-refractivity contribution in [1.29, 1.82) is 0 Å². The van der Waals surface area contributed by atoms with Crippen LogP contribution >= 0.6 is 11.6 Å². The van der Waals surface area contributed by atoms with E-state index < -0.39 is 12.3 Å². The van der Waals surface area contributed by atoms with Crippen molar-refractivity contribution in [1.82, 2.24) is 35.3 Å². The molecule has 12 nitrogen and oxygen atoms in total. The summed E-state index contributed by atoms with van der Waals surface area (Å²) in [5.41, 5.74) is 6.24. The van der Waals surface area contributed by atoms with Gasteiger partial charge in [-0.1, -0.05) is 61.7 Å². The molecule has 13 heteroatoms. The fourth-order valence-electron chi connectivity index (χ4n) is 6.48. The number of nitrogens with one attached hydrogen (secondary N) is 2. The fraction of sp³-hybridized carbons (Fsp3) is 0.452. The predicted molar refractivity (Wildman–Crippen MR) is 164 cm³/mol. The number of rotatable bonds is 7. The van der Waals surface area contributed by atoms with Crippen LogP contribution in [0.1, 0.15) is 56.2 Å². The second-order valence-corrected chi connectivity index (χ2v) is 12.2. The molecule has 44 heavy (non-hydrogen) atoms. The smallest absolute Gasteiger partial charge is 0.427 e. The Morgan fingerprint density at radius 2 is 1.93 bits per heavy atom. The number of carbonyl (C=O) groups is 1. The summed E-state index contributed by atoms with van der Waals surface area (Å²) in [6.07, 6.45) is 4.83. The van der Waals surface area contributed by atoms with E-state index >= 15 is 0 Å². The summed E-state index contributed by atoms with van der Waals surface area (Å²) in [4.78, 5) is 38.7. The molecule has 1 saturated carbocycles. The molecule has 2 N–H and O–H groups in total. The number of carbonyl (C=O) groups excluding carboxylic acids is 1. The van der Waals surface area contributed by atoms with Crippen LogP contribution < -0.4 is 20.4 Å². The summed E-state index contributed by atoms with van der Waals surface area (Å²) in [5, 5.41) is 3.14. The number of halogens is 1. The molecule has 3 aromatic heterocycles. The van der Waals surface area contributed by atoms with Gasteiger partial charge in [-0.05, 0) is 36.3 Å². The number of amides is 1. The number of imidazole rings is 1. The number of fused-ring (bicyclic) bond motifs is 1. The van der Waals surface area contributed by atoms with Crippen molar-refractivity contribution >= 4 is 34.8 Å². The van der Waals surface area contributed by atoms with Gasteiger partial charge in [0.05, 0.1) is 37.0 Å². The molecular weight excluding hydrogens is 584 g/mol. The van der Waals surface area contributed by atoms with Gasteiger partial charge in [0.25, 0.3) is 0 Å². The molecule has 4 aromatic rings. The van der Waals surface area contributed by atoms with Crippen LogP contribution in [-0.2, 0) is 16.1 Å². The minimum atomic E-state index is -0.766. The molecule has 230 valence electrons. The van der Waals surface area contributed by atoms with Crippen LogP contribution in [0, 0.1) is 11.8 Å². The molecule has 2 saturated heterocycles. The van der Waals surface area contributed by atoms with Gasteiger partial charge in [-0.3, -0.25) is 5.32 Å². The molecule has 7 rings (SSSR count). The third-order valence-electron chi connectivity index (χ3n) is 8.80. The summed E-state index contributed by atoms with van der Waals surface area (Å²) < 4.78 is 13.9. The first-order valence-electron chi connectivity index (χ1n) is 15.1. The maximum atomic E-state index is 11.9. The second kappa shape index (κ2) is 12.2. The monoisotopic (exact) mass is 618 g/mol. The zero-order valence-corrected chi connectivity index (χ0v) is 25.5. The van der Waals surface area contributed by atoms with E-state index in [1.54, 1.807) is 19.4 Å². The van der Waals surface area contributed by atoms with Gasteiger partial charge in [0.2, 0.25) is 11.8 Å². The molecule has 1 aliphatic carbocycles. The van der Waals surface area contributed by atoms with Gasteiger partial charge in [-0.15, -0.1) is 5.48 Å². The van der Waals surface area contributed by atoms with Crippen molar-refractivity contribution in [2.75, 3.05) is 31.8 Å². The number of pyridine rings is 1. The van der Waals surface area contributed by atoms with Crippen LogP contribution in [0.25, 0.3) is 22.4 Å². The number of hydrogen-bond acceptors (Lipinski definition) is 10. The Hall–Kier alpha value is -4.00. The fourth-order valence-corrected chi connectivity index (χ4v) is 6.64. The van der Waals surface area contributed by atoms with Gasteiger partial charge in [-0.25, -0.2) is 19.7 Å². The third-order valence-corrected chi connectivity index (χ3v) is 9.01. The van der Waals surface area contributed by atoms with Crippen LogP contribution in [0.3, 0.4) is 0 Å². The lowest BCUT2D eigenvalue weighted by molar-refractivity contribution is 0.0927. The Kier molecular flexibility index (Phi) is 7.96. The Labute approximate surface area is 260 Å². The summed E-state index contributed by atoms with van der Waals surface area (Å²) in [7, 11) is 1.57. The van der Waals surface area contributed by atoms with Crippen LogP contribution in [0.5, 0.6) is 5.88 Å². The van der Waals surface area contributed by atoms with Crippen molar-refractivity contribution in [3.8, 4) is 17.1 Å². The van der Waals surface area contributed by atoms with E-state index in [2.05, 4.69) is 44.3 Å². The van der Waals surface area contributed by atoms with Gasteiger partial charge >= 0.3 is 6.09 Å². The third kappa shape index (κ3) is 5.53. The first-order chi connectivity index (χ1) is 21.5. The molecule has 3 aliphatic rings. The molecule has 1 unspecified atom stereocenters. The van der Waals surface area contributed by atoms with Crippen LogP contribution in [0.4, 0.5) is 10.7 Å². The van der Waals surface area contributed by atoms with Crippen LogP contribution in [-0.4, -0.2) is 57.5 Å². The maximum Gasteiger partial charge on any atom is 0.427 e. The van der Waals surface area contributed by atoms with Crippen molar-refractivity contribution < 1.29 is 19.1 Å². The van der Waals surface area contributed by atoms with Gasteiger partial charge in [-0.2, -0.15) is 4.98 Å². The topological polar surface area (TPSA) is 129 Å². The Bertz CT molecular complexity index is 1660. The number of aromatic nitrogens is 5. The largest absolute Gasteiger partial charge is 0.481 e. The summed E-state index contributed by atoms with van der Waals surface area (Å²) >= 11 is 6.49. The van der Waals surface area contributed by atoms with Crippen molar-refractivity contribution in [2.24, 2.45) is 11.8 Å². The van der Waals surface area contributed by atoms with E-state index in [9.17, 15) is 4.79 Å². The number of morpholine rings is 1. The van der Waals surface area contributed by atoms with Crippen molar-refractivity contribution in [2.45, 2.75) is 51.4 Å². The van der Waals surface area contributed by atoms with E-state index in [1.165, 1.54) is 12.8 Å². The molecule has 2 atom stereocenters. The molecular formula is C31H35ClN8O4. The minimum Gasteiger partial charge on any atom is -0.481 e. The van der Waals surface area contributed by atoms with Gasteiger partial charge in [0.1, 0.15) is 11.2 Å². The number of nitrogens with zero attached hydrogens (tertiary/aromatic N) is 6. The summed E-state index contributed by atoms with van der Waals surface area (Å²) in [6.45, 7) is 4.87. The molecule has 1 amide bonds. The minimum absolute atomic E-state index is 0.0330. The number of ether oxygens (including phenoxy) is 2. The highest BCUT2D eigenvalue weighted by atomic mass is 35.5. The first kappa shape index (κ1) is 28.8. The maximum absolute atomic E-state index is 11.9. The zero-order chi connectivity index (χ0) is 30.2. The Balaban J connectivity index is 1.45. The molecule has 0 spiro atoms. The summed E-state index contributed by atoms with van der Waals surface area (Å²) in [5.74, 6) is 2.66. The lowest BCUT2D eigenvalue weighted by atomic mass is 9.83. The lowest BCUT2D eigenvalue weighted by Gasteiger charge is -2.37. The molecule has 2 aliphatic heterocycles. The van der Waals surface area contributed by atoms with Gasteiger partial charge in [0.15, 0.2) is 17.6 Å². The average Bonchev–Trinajstić information content (AvgIpc) is 3.65.